The normalized spacial score (nSPS) is 10.2. The first-order valence-corrected chi connectivity index (χ1v) is 9.18. The topological polar surface area (TPSA) is 84.9 Å². The van der Waals surface area contributed by atoms with Gasteiger partial charge in [-0.15, -0.1) is 0 Å². The molecular weight excluding hydrogens is 372 g/mol. The number of nitrogens with zero attached hydrogens (tertiary/aromatic N) is 1. The van der Waals surface area contributed by atoms with E-state index < -0.39 is 18.5 Å². The third-order valence-electron chi connectivity index (χ3n) is 4.42. The molecule has 0 atom stereocenters. The zero-order valence-corrected chi connectivity index (χ0v) is 17.2. The van der Waals surface area contributed by atoms with Crippen LogP contribution in [0.4, 0.5) is 5.69 Å². The van der Waals surface area contributed by atoms with Gasteiger partial charge in [-0.3, -0.25) is 14.4 Å². The average molecular weight is 398 g/mol. The highest BCUT2D eigenvalue weighted by Gasteiger charge is 2.16. The minimum absolute atomic E-state index is 0.0496. The molecule has 154 valence electrons. The molecule has 0 aliphatic heterocycles. The van der Waals surface area contributed by atoms with Crippen molar-refractivity contribution in [2.24, 2.45) is 0 Å². The molecule has 7 heteroatoms. The van der Waals surface area contributed by atoms with Crippen LogP contribution in [0.5, 0.6) is 5.75 Å². The fraction of sp³-hybridized carbons (Fsp3) is 0.318. The summed E-state index contributed by atoms with van der Waals surface area (Å²) >= 11 is 0. The van der Waals surface area contributed by atoms with Gasteiger partial charge in [-0.05, 0) is 42.7 Å². The van der Waals surface area contributed by atoms with Crippen molar-refractivity contribution in [3.63, 3.8) is 0 Å². The summed E-state index contributed by atoms with van der Waals surface area (Å²) < 4.78 is 10.1. The van der Waals surface area contributed by atoms with Gasteiger partial charge in [0, 0.05) is 12.7 Å². The van der Waals surface area contributed by atoms with Crippen LogP contribution in [0.25, 0.3) is 0 Å². The Morgan fingerprint density at radius 3 is 2.21 bits per heavy atom. The van der Waals surface area contributed by atoms with Gasteiger partial charge < -0.3 is 19.7 Å². The SMILES string of the molecule is COc1ccc(CC(=O)OCC(=O)N(C)CC(=O)Nc2c(C)cccc2C)cc1. The van der Waals surface area contributed by atoms with E-state index in [4.69, 9.17) is 9.47 Å². The predicted molar refractivity (Wildman–Crippen MR) is 110 cm³/mol. The number of ether oxygens (including phenoxy) is 2. The number of anilines is 1. The fourth-order valence-corrected chi connectivity index (χ4v) is 2.71. The summed E-state index contributed by atoms with van der Waals surface area (Å²) in [5, 5.41) is 2.82. The molecule has 2 amide bonds. The van der Waals surface area contributed by atoms with Crippen molar-refractivity contribution < 1.29 is 23.9 Å². The van der Waals surface area contributed by atoms with Gasteiger partial charge in [-0.1, -0.05) is 30.3 Å². The van der Waals surface area contributed by atoms with E-state index in [0.29, 0.717) is 5.75 Å². The number of para-hydroxylation sites is 1. The van der Waals surface area contributed by atoms with E-state index in [-0.39, 0.29) is 18.9 Å². The van der Waals surface area contributed by atoms with Crippen LogP contribution in [-0.4, -0.2) is 50.0 Å². The Morgan fingerprint density at radius 2 is 1.62 bits per heavy atom. The highest BCUT2D eigenvalue weighted by Crippen LogP contribution is 2.19. The fourth-order valence-electron chi connectivity index (χ4n) is 2.71. The minimum atomic E-state index is -0.517. The van der Waals surface area contributed by atoms with Gasteiger partial charge in [0.15, 0.2) is 6.61 Å². The molecule has 0 saturated heterocycles. The zero-order valence-electron chi connectivity index (χ0n) is 17.2. The molecule has 0 fully saturated rings. The first-order valence-electron chi connectivity index (χ1n) is 9.18. The number of carbonyl (C=O) groups is 3. The highest BCUT2D eigenvalue weighted by atomic mass is 16.5. The molecule has 0 spiro atoms. The molecule has 2 aromatic carbocycles. The maximum Gasteiger partial charge on any atom is 0.310 e. The lowest BCUT2D eigenvalue weighted by Crippen LogP contribution is -2.37. The van der Waals surface area contributed by atoms with E-state index in [2.05, 4.69) is 5.32 Å². The van der Waals surface area contributed by atoms with Crippen LogP contribution in [0.15, 0.2) is 42.5 Å². The van der Waals surface area contributed by atoms with Gasteiger partial charge in [0.25, 0.3) is 5.91 Å². The predicted octanol–water partition coefficient (Wildman–Crippen LogP) is 2.49. The summed E-state index contributed by atoms with van der Waals surface area (Å²) in [7, 11) is 3.05. The molecule has 2 rings (SSSR count). The van der Waals surface area contributed by atoms with E-state index >= 15 is 0 Å². The van der Waals surface area contributed by atoms with Gasteiger partial charge in [0.05, 0.1) is 20.1 Å². The average Bonchev–Trinajstić information content (AvgIpc) is 2.69. The highest BCUT2D eigenvalue weighted by molar-refractivity contribution is 5.96. The van der Waals surface area contributed by atoms with E-state index in [1.165, 1.54) is 11.9 Å². The van der Waals surface area contributed by atoms with Crippen LogP contribution in [0.2, 0.25) is 0 Å². The van der Waals surface area contributed by atoms with E-state index in [0.717, 1.165) is 22.4 Å². The lowest BCUT2D eigenvalue weighted by molar-refractivity contribution is -0.151. The molecule has 29 heavy (non-hydrogen) atoms. The molecule has 0 bridgehead atoms. The van der Waals surface area contributed by atoms with Crippen molar-refractivity contribution in [3.05, 3.63) is 59.2 Å². The van der Waals surface area contributed by atoms with Gasteiger partial charge in [0.1, 0.15) is 5.75 Å². The molecule has 0 saturated carbocycles. The number of hydrogen-bond acceptors (Lipinski definition) is 5. The van der Waals surface area contributed by atoms with Crippen LogP contribution in [0, 0.1) is 13.8 Å². The Balaban J connectivity index is 1.79. The second-order valence-corrected chi connectivity index (χ2v) is 6.75. The first kappa shape index (κ1) is 21.9. The zero-order chi connectivity index (χ0) is 21.4. The number of rotatable bonds is 8. The third-order valence-corrected chi connectivity index (χ3v) is 4.42. The number of nitrogens with one attached hydrogen (secondary N) is 1. The Kier molecular flexibility index (Phi) is 7.77. The maximum absolute atomic E-state index is 12.2. The molecule has 1 N–H and O–H groups in total. The van der Waals surface area contributed by atoms with E-state index in [1.54, 1.807) is 31.4 Å². The summed E-state index contributed by atoms with van der Waals surface area (Å²) in [5.74, 6) is -0.595. The van der Waals surface area contributed by atoms with Crippen molar-refractivity contribution in [2.75, 3.05) is 32.6 Å². The lowest BCUT2D eigenvalue weighted by Gasteiger charge is -2.18. The molecule has 7 nitrogen and oxygen atoms in total. The third kappa shape index (κ3) is 6.64. The van der Waals surface area contributed by atoms with Crippen LogP contribution in [0.3, 0.4) is 0 Å². The summed E-state index contributed by atoms with van der Waals surface area (Å²) in [6.45, 7) is 3.25. The Bertz CT molecular complexity index is 857. The van der Waals surface area contributed by atoms with Gasteiger partial charge in [-0.2, -0.15) is 0 Å². The second kappa shape index (κ2) is 10.3. The smallest absolute Gasteiger partial charge is 0.310 e. The van der Waals surface area contributed by atoms with Crippen molar-refractivity contribution >= 4 is 23.5 Å². The number of carbonyl (C=O) groups excluding carboxylic acids is 3. The standard InChI is InChI=1S/C22H26N2O5/c1-15-6-5-7-16(2)22(15)23-19(25)13-24(3)20(26)14-29-21(27)12-17-8-10-18(28-4)11-9-17/h5-11H,12-14H2,1-4H3,(H,23,25). The molecule has 2 aromatic rings. The largest absolute Gasteiger partial charge is 0.497 e. The number of methoxy groups -OCH3 is 1. The van der Waals surface area contributed by atoms with Gasteiger partial charge in [0.2, 0.25) is 5.91 Å². The van der Waals surface area contributed by atoms with Crippen molar-refractivity contribution in [1.29, 1.82) is 0 Å². The number of benzene rings is 2. The number of esters is 1. The van der Waals surface area contributed by atoms with Gasteiger partial charge in [-0.25, -0.2) is 0 Å². The summed E-state index contributed by atoms with van der Waals surface area (Å²) in [6.07, 6.45) is 0.0496. The van der Waals surface area contributed by atoms with Gasteiger partial charge >= 0.3 is 5.97 Å². The lowest BCUT2D eigenvalue weighted by atomic mass is 10.1. The second-order valence-electron chi connectivity index (χ2n) is 6.75. The van der Waals surface area contributed by atoms with Crippen molar-refractivity contribution in [2.45, 2.75) is 20.3 Å². The monoisotopic (exact) mass is 398 g/mol. The summed E-state index contributed by atoms with van der Waals surface area (Å²) in [4.78, 5) is 37.6. The molecule has 0 aliphatic rings. The molecule has 0 aromatic heterocycles. The number of aryl methyl sites for hydroxylation is 2. The quantitative estimate of drug-likeness (QED) is 0.691. The number of amides is 2. The summed E-state index contributed by atoms with van der Waals surface area (Å²) in [5.41, 5.74) is 3.38. The van der Waals surface area contributed by atoms with E-state index in [9.17, 15) is 14.4 Å². The molecule has 0 heterocycles. The van der Waals surface area contributed by atoms with Crippen LogP contribution >= 0.6 is 0 Å². The molecule has 0 aliphatic carbocycles. The summed E-state index contributed by atoms with van der Waals surface area (Å²) in [6, 6.07) is 12.7. The number of hydrogen-bond donors (Lipinski definition) is 1. The van der Waals surface area contributed by atoms with Crippen LogP contribution < -0.4 is 10.1 Å². The Hall–Kier alpha value is -3.35. The molecule has 0 radical (unpaired) electrons. The Labute approximate surface area is 170 Å². The minimum Gasteiger partial charge on any atom is -0.497 e. The Morgan fingerprint density at radius 1 is 1.00 bits per heavy atom. The maximum atomic E-state index is 12.2. The molecular formula is C22H26N2O5. The van der Waals surface area contributed by atoms with Crippen molar-refractivity contribution in [1.82, 2.24) is 4.90 Å². The van der Waals surface area contributed by atoms with Crippen LogP contribution in [-0.2, 0) is 25.5 Å². The molecule has 0 unspecified atom stereocenters. The first-order chi connectivity index (χ1) is 13.8. The van der Waals surface area contributed by atoms with Crippen LogP contribution in [0.1, 0.15) is 16.7 Å². The van der Waals surface area contributed by atoms with E-state index in [1.807, 2.05) is 32.0 Å². The number of likely N-dealkylation sites (N-methyl/N-ethyl adjacent to an activating group) is 1. The van der Waals surface area contributed by atoms with Crippen molar-refractivity contribution in [3.8, 4) is 5.75 Å².